The van der Waals surface area contributed by atoms with Gasteiger partial charge in [0.15, 0.2) is 10.9 Å². The van der Waals surface area contributed by atoms with Crippen molar-refractivity contribution in [2.24, 2.45) is 0 Å². The molecule has 0 aliphatic carbocycles. The van der Waals surface area contributed by atoms with Crippen LogP contribution in [0.25, 0.3) is 11.3 Å². The maximum atomic E-state index is 12.2. The normalized spacial score (nSPS) is 10.5. The molecule has 0 fully saturated rings. The first kappa shape index (κ1) is 17.1. The third-order valence-electron chi connectivity index (χ3n) is 3.13. The van der Waals surface area contributed by atoms with Gasteiger partial charge in [0.2, 0.25) is 0 Å². The number of hydrogen-bond donors (Lipinski definition) is 2. The van der Waals surface area contributed by atoms with Crippen LogP contribution in [0.3, 0.4) is 0 Å². The Morgan fingerprint density at radius 1 is 1.36 bits per heavy atom. The van der Waals surface area contributed by atoms with Crippen molar-refractivity contribution in [2.75, 3.05) is 5.32 Å². The Kier molecular flexibility index (Phi) is 5.05. The van der Waals surface area contributed by atoms with Crippen molar-refractivity contribution in [2.45, 2.75) is 13.5 Å². The highest BCUT2D eigenvalue weighted by Gasteiger charge is 2.14. The summed E-state index contributed by atoms with van der Waals surface area (Å²) in [6, 6.07) is 10.4. The van der Waals surface area contributed by atoms with Gasteiger partial charge in [-0.3, -0.25) is 15.4 Å². The topological polar surface area (TPSA) is 97.9 Å². The Hall–Kier alpha value is -2.78. The summed E-state index contributed by atoms with van der Waals surface area (Å²) in [6.45, 7) is 2.45. The Morgan fingerprint density at radius 2 is 2.20 bits per heavy atom. The molecule has 10 heteroatoms. The minimum atomic E-state index is -0.492. The van der Waals surface area contributed by atoms with Crippen molar-refractivity contribution in [1.29, 1.82) is 0 Å². The van der Waals surface area contributed by atoms with Gasteiger partial charge in [-0.05, 0) is 48.6 Å². The van der Waals surface area contributed by atoms with Crippen molar-refractivity contribution in [3.8, 4) is 11.3 Å². The Labute approximate surface area is 153 Å². The second-order valence-corrected chi connectivity index (χ2v) is 5.73. The van der Waals surface area contributed by atoms with Gasteiger partial charge < -0.3 is 4.42 Å². The number of halogens is 1. The number of tetrazole rings is 1. The van der Waals surface area contributed by atoms with E-state index in [-0.39, 0.29) is 16.8 Å². The van der Waals surface area contributed by atoms with Crippen molar-refractivity contribution >= 4 is 40.8 Å². The highest BCUT2D eigenvalue weighted by Crippen LogP contribution is 2.24. The number of carbonyl (C=O) groups is 1. The summed E-state index contributed by atoms with van der Waals surface area (Å²) in [5.74, 6) is 0.350. The maximum Gasteiger partial charge on any atom is 0.293 e. The first-order chi connectivity index (χ1) is 12.0. The number of carbonyl (C=O) groups excluding carboxylic acids is 1. The Bertz CT molecular complexity index is 922. The molecule has 3 aromatic rings. The number of nitrogens with zero attached hydrogens (tertiary/aromatic N) is 4. The van der Waals surface area contributed by atoms with Gasteiger partial charge >= 0.3 is 0 Å². The Balaban J connectivity index is 1.64. The molecule has 0 atom stereocenters. The SMILES string of the molecule is CCn1nnc(NC(=S)NC(=O)c2ccc(-c3cccc(Cl)c3)o2)n1. The molecule has 0 spiro atoms. The van der Waals surface area contributed by atoms with E-state index in [4.69, 9.17) is 28.2 Å². The summed E-state index contributed by atoms with van der Waals surface area (Å²) in [7, 11) is 0. The molecular weight excluding hydrogens is 364 g/mol. The Morgan fingerprint density at radius 3 is 2.92 bits per heavy atom. The molecule has 8 nitrogen and oxygen atoms in total. The standard InChI is InChI=1S/C15H13ClN6O2S/c1-2-22-20-14(19-21-22)18-15(25)17-13(23)12-7-6-11(24-12)9-4-3-5-10(16)8-9/h3-8H,2H2,1H3,(H2,17,18,20,23,25). The lowest BCUT2D eigenvalue weighted by Gasteiger charge is -2.04. The monoisotopic (exact) mass is 376 g/mol. The highest BCUT2D eigenvalue weighted by atomic mass is 35.5. The number of anilines is 1. The number of nitrogens with one attached hydrogen (secondary N) is 2. The lowest BCUT2D eigenvalue weighted by molar-refractivity contribution is 0.0951. The van der Waals surface area contributed by atoms with Gasteiger partial charge in [0.1, 0.15) is 5.76 Å². The number of aromatic nitrogens is 4. The second-order valence-electron chi connectivity index (χ2n) is 4.88. The first-order valence-corrected chi connectivity index (χ1v) is 8.09. The van der Waals surface area contributed by atoms with E-state index in [0.717, 1.165) is 5.56 Å². The molecular formula is C15H13ClN6O2S. The number of benzene rings is 1. The number of aryl methyl sites for hydroxylation is 1. The van der Waals surface area contributed by atoms with E-state index >= 15 is 0 Å². The molecule has 0 bridgehead atoms. The highest BCUT2D eigenvalue weighted by molar-refractivity contribution is 7.80. The fourth-order valence-electron chi connectivity index (χ4n) is 1.98. The van der Waals surface area contributed by atoms with E-state index in [9.17, 15) is 4.79 Å². The van der Waals surface area contributed by atoms with Crippen LogP contribution in [0.5, 0.6) is 0 Å². The average molecular weight is 377 g/mol. The first-order valence-electron chi connectivity index (χ1n) is 7.31. The molecule has 128 valence electrons. The van der Waals surface area contributed by atoms with Crippen LogP contribution in [0.1, 0.15) is 17.5 Å². The minimum absolute atomic E-state index is 0.0429. The number of rotatable bonds is 4. The predicted molar refractivity (Wildman–Crippen MR) is 96.3 cm³/mol. The zero-order valence-corrected chi connectivity index (χ0v) is 14.6. The zero-order chi connectivity index (χ0) is 17.8. The summed E-state index contributed by atoms with van der Waals surface area (Å²) >= 11 is 11.0. The largest absolute Gasteiger partial charge is 0.451 e. The van der Waals surface area contributed by atoms with Crippen molar-refractivity contribution < 1.29 is 9.21 Å². The number of amides is 1. The van der Waals surface area contributed by atoms with E-state index in [1.54, 1.807) is 30.3 Å². The van der Waals surface area contributed by atoms with Gasteiger partial charge in [0, 0.05) is 10.6 Å². The van der Waals surface area contributed by atoms with Crippen molar-refractivity contribution in [1.82, 2.24) is 25.5 Å². The van der Waals surface area contributed by atoms with E-state index in [1.807, 2.05) is 13.0 Å². The molecule has 0 saturated carbocycles. The smallest absolute Gasteiger partial charge is 0.293 e. The van der Waals surface area contributed by atoms with Crippen molar-refractivity contribution in [3.05, 3.63) is 47.2 Å². The zero-order valence-electron chi connectivity index (χ0n) is 13.1. The molecule has 2 aromatic heterocycles. The van der Waals surface area contributed by atoms with Crippen LogP contribution in [0.4, 0.5) is 5.95 Å². The molecule has 2 N–H and O–H groups in total. The third-order valence-corrected chi connectivity index (χ3v) is 3.57. The predicted octanol–water partition coefficient (Wildman–Crippen LogP) is 2.73. The van der Waals surface area contributed by atoms with Crippen molar-refractivity contribution in [3.63, 3.8) is 0 Å². The van der Waals surface area contributed by atoms with Crippen LogP contribution in [-0.4, -0.2) is 31.2 Å². The number of hydrogen-bond acceptors (Lipinski definition) is 6. The van der Waals surface area contributed by atoms with Crippen LogP contribution in [-0.2, 0) is 6.54 Å². The second kappa shape index (κ2) is 7.41. The third kappa shape index (κ3) is 4.20. The molecule has 0 aliphatic heterocycles. The van der Waals surface area contributed by atoms with Crippen LogP contribution < -0.4 is 10.6 Å². The number of furan rings is 1. The van der Waals surface area contributed by atoms with Gasteiger partial charge in [0.25, 0.3) is 11.9 Å². The summed E-state index contributed by atoms with van der Waals surface area (Å²) < 4.78 is 5.55. The van der Waals surface area contributed by atoms with Crippen LogP contribution in [0.2, 0.25) is 5.02 Å². The molecule has 1 amide bonds. The van der Waals surface area contributed by atoms with Crippen LogP contribution >= 0.6 is 23.8 Å². The molecule has 2 heterocycles. The molecule has 0 aliphatic rings. The lowest BCUT2D eigenvalue weighted by atomic mass is 10.2. The quantitative estimate of drug-likeness (QED) is 0.675. The lowest BCUT2D eigenvalue weighted by Crippen LogP contribution is -2.34. The fraction of sp³-hybridized carbons (Fsp3) is 0.133. The van der Waals surface area contributed by atoms with Gasteiger partial charge in [-0.2, -0.15) is 4.80 Å². The summed E-state index contributed by atoms with van der Waals surface area (Å²) in [5, 5.41) is 17.3. The van der Waals surface area contributed by atoms with E-state index in [1.165, 1.54) is 4.80 Å². The van der Waals surface area contributed by atoms with Gasteiger partial charge in [-0.15, -0.1) is 5.10 Å². The van der Waals surface area contributed by atoms with Gasteiger partial charge in [0.05, 0.1) is 6.54 Å². The van der Waals surface area contributed by atoms with E-state index in [0.29, 0.717) is 17.3 Å². The minimum Gasteiger partial charge on any atom is -0.451 e. The summed E-state index contributed by atoms with van der Waals surface area (Å²) in [4.78, 5) is 13.6. The number of thiocarbonyl (C=S) groups is 1. The van der Waals surface area contributed by atoms with Crippen LogP contribution in [0, 0.1) is 0 Å². The van der Waals surface area contributed by atoms with Gasteiger partial charge in [-0.1, -0.05) is 28.8 Å². The fourth-order valence-corrected chi connectivity index (χ4v) is 2.36. The van der Waals surface area contributed by atoms with Crippen LogP contribution in [0.15, 0.2) is 40.8 Å². The average Bonchev–Trinajstić information content (AvgIpc) is 3.24. The maximum absolute atomic E-state index is 12.2. The summed E-state index contributed by atoms with van der Waals surface area (Å²) in [5.41, 5.74) is 0.771. The summed E-state index contributed by atoms with van der Waals surface area (Å²) in [6.07, 6.45) is 0. The molecule has 0 saturated heterocycles. The van der Waals surface area contributed by atoms with E-state index < -0.39 is 5.91 Å². The van der Waals surface area contributed by atoms with E-state index in [2.05, 4.69) is 26.0 Å². The molecule has 1 aromatic carbocycles. The van der Waals surface area contributed by atoms with Gasteiger partial charge in [-0.25, -0.2) is 0 Å². The molecule has 3 rings (SSSR count). The molecule has 25 heavy (non-hydrogen) atoms. The molecule has 0 unspecified atom stereocenters. The molecule has 0 radical (unpaired) electrons.